The number of aromatic amines is 1. The number of aromatic nitrogens is 4. The molecule has 0 aliphatic carbocycles. The highest BCUT2D eigenvalue weighted by Gasteiger charge is 2.14. The molecule has 0 fully saturated rings. The van der Waals surface area contributed by atoms with E-state index >= 15 is 0 Å². The van der Waals surface area contributed by atoms with Crippen molar-refractivity contribution >= 4 is 11.1 Å². The maximum absolute atomic E-state index is 11.9. The molecule has 5 nitrogen and oxygen atoms in total. The summed E-state index contributed by atoms with van der Waals surface area (Å²) in [6.07, 6.45) is 3.19. The van der Waals surface area contributed by atoms with Crippen molar-refractivity contribution in [2.24, 2.45) is 0 Å². The Labute approximate surface area is 115 Å². The van der Waals surface area contributed by atoms with E-state index in [0.717, 1.165) is 28.1 Å². The first-order chi connectivity index (χ1) is 9.58. The van der Waals surface area contributed by atoms with Crippen LogP contribution in [-0.4, -0.2) is 19.6 Å². The molecule has 0 aliphatic heterocycles. The Morgan fingerprint density at radius 1 is 1.35 bits per heavy atom. The molecule has 0 saturated heterocycles. The van der Waals surface area contributed by atoms with Gasteiger partial charge in [0.15, 0.2) is 0 Å². The number of nitrogens with one attached hydrogen (secondary N) is 1. The molecule has 3 aromatic heterocycles. The Balaban J connectivity index is 2.20. The zero-order valence-electron chi connectivity index (χ0n) is 11.3. The summed E-state index contributed by atoms with van der Waals surface area (Å²) in [6.45, 7) is 7.93. The number of fused-ring (bicyclic) bond motifs is 1. The normalized spacial score (nSPS) is 10.9. The van der Waals surface area contributed by atoms with Crippen LogP contribution < -0.4 is 5.56 Å². The lowest BCUT2D eigenvalue weighted by atomic mass is 10.0. The van der Waals surface area contributed by atoms with Crippen molar-refractivity contribution in [3.8, 4) is 0 Å². The number of aryl methyl sites for hydroxylation is 2. The number of pyridine rings is 1. The molecule has 100 valence electrons. The van der Waals surface area contributed by atoms with Crippen LogP contribution in [0.15, 0.2) is 42.1 Å². The maximum Gasteiger partial charge on any atom is 0.275 e. The van der Waals surface area contributed by atoms with Crippen molar-refractivity contribution in [2.45, 2.75) is 13.8 Å². The summed E-state index contributed by atoms with van der Waals surface area (Å²) in [5.74, 6) is 0. The van der Waals surface area contributed by atoms with Gasteiger partial charge in [0.05, 0.1) is 5.69 Å². The van der Waals surface area contributed by atoms with E-state index in [9.17, 15) is 4.79 Å². The van der Waals surface area contributed by atoms with Gasteiger partial charge in [0, 0.05) is 23.0 Å². The van der Waals surface area contributed by atoms with Crippen LogP contribution in [0.3, 0.4) is 0 Å². The first-order valence-electron chi connectivity index (χ1n) is 6.27. The highest BCUT2D eigenvalue weighted by molar-refractivity contribution is 5.81. The fourth-order valence-electron chi connectivity index (χ4n) is 2.32. The average molecular weight is 266 g/mol. The van der Waals surface area contributed by atoms with Crippen molar-refractivity contribution < 1.29 is 0 Å². The van der Waals surface area contributed by atoms with Gasteiger partial charge in [0.1, 0.15) is 11.8 Å². The van der Waals surface area contributed by atoms with E-state index in [0.29, 0.717) is 5.52 Å². The Morgan fingerprint density at radius 3 is 2.85 bits per heavy atom. The molecule has 20 heavy (non-hydrogen) atoms. The Kier molecular flexibility index (Phi) is 2.75. The standard InChI is InChI=1S/C15H14N4O/c1-9-5-4-6-13(18-9)10(2)12-7-19-14(11(12)3)15(20)16-8-17-19/h4-8H,2H2,1,3H3,(H,16,17,20). The summed E-state index contributed by atoms with van der Waals surface area (Å²) in [7, 11) is 0. The summed E-state index contributed by atoms with van der Waals surface area (Å²) < 4.78 is 1.57. The second-order valence-electron chi connectivity index (χ2n) is 4.72. The molecule has 0 atom stereocenters. The molecule has 0 aromatic carbocycles. The largest absolute Gasteiger partial charge is 0.310 e. The minimum absolute atomic E-state index is 0.159. The summed E-state index contributed by atoms with van der Waals surface area (Å²) in [6, 6.07) is 5.79. The number of hydrogen-bond acceptors (Lipinski definition) is 3. The van der Waals surface area contributed by atoms with Gasteiger partial charge >= 0.3 is 0 Å². The van der Waals surface area contributed by atoms with E-state index in [1.54, 1.807) is 4.52 Å². The van der Waals surface area contributed by atoms with Gasteiger partial charge in [-0.1, -0.05) is 12.6 Å². The molecule has 0 spiro atoms. The minimum atomic E-state index is -0.159. The van der Waals surface area contributed by atoms with Gasteiger partial charge < -0.3 is 4.98 Å². The van der Waals surface area contributed by atoms with Gasteiger partial charge in [0.2, 0.25) is 0 Å². The van der Waals surface area contributed by atoms with E-state index in [1.165, 1.54) is 6.33 Å². The van der Waals surface area contributed by atoms with Crippen LogP contribution in [0.5, 0.6) is 0 Å². The molecule has 0 radical (unpaired) electrons. The molecule has 3 heterocycles. The van der Waals surface area contributed by atoms with Crippen molar-refractivity contribution in [3.05, 3.63) is 70.2 Å². The first-order valence-corrected chi connectivity index (χ1v) is 6.27. The predicted molar refractivity (Wildman–Crippen MR) is 77.7 cm³/mol. The average Bonchev–Trinajstić information content (AvgIpc) is 2.76. The second-order valence-corrected chi connectivity index (χ2v) is 4.72. The number of rotatable bonds is 2. The first kappa shape index (κ1) is 12.3. The molecular formula is C15H14N4O. The monoisotopic (exact) mass is 266 g/mol. The second kappa shape index (κ2) is 4.45. The van der Waals surface area contributed by atoms with Gasteiger partial charge in [-0.15, -0.1) is 0 Å². The number of H-pyrrole nitrogens is 1. The molecule has 0 saturated carbocycles. The topological polar surface area (TPSA) is 63.1 Å². The van der Waals surface area contributed by atoms with Gasteiger partial charge in [-0.25, -0.2) is 4.52 Å². The van der Waals surface area contributed by atoms with Crippen LogP contribution in [0.25, 0.3) is 11.1 Å². The van der Waals surface area contributed by atoms with Crippen molar-refractivity contribution in [3.63, 3.8) is 0 Å². The van der Waals surface area contributed by atoms with Crippen LogP contribution >= 0.6 is 0 Å². The molecule has 5 heteroatoms. The lowest BCUT2D eigenvalue weighted by Crippen LogP contribution is -2.10. The van der Waals surface area contributed by atoms with Gasteiger partial charge in [-0.2, -0.15) is 5.10 Å². The molecule has 0 amide bonds. The SMILES string of the molecule is C=C(c1cccc(C)n1)c1cn2nc[nH]c(=O)c2c1C. The van der Waals surface area contributed by atoms with Gasteiger partial charge in [-0.05, 0) is 31.5 Å². The zero-order valence-corrected chi connectivity index (χ0v) is 11.3. The zero-order chi connectivity index (χ0) is 14.3. The molecule has 1 N–H and O–H groups in total. The molecule has 3 aromatic rings. The minimum Gasteiger partial charge on any atom is -0.310 e. The number of hydrogen-bond donors (Lipinski definition) is 1. The predicted octanol–water partition coefficient (Wildman–Crippen LogP) is 2.10. The van der Waals surface area contributed by atoms with Crippen LogP contribution in [0.2, 0.25) is 0 Å². The van der Waals surface area contributed by atoms with E-state index in [1.807, 2.05) is 38.2 Å². The number of nitrogens with zero attached hydrogens (tertiary/aromatic N) is 3. The third kappa shape index (κ3) is 1.84. The van der Waals surface area contributed by atoms with Crippen molar-refractivity contribution in [1.82, 2.24) is 19.6 Å². The fraction of sp³-hybridized carbons (Fsp3) is 0.133. The maximum atomic E-state index is 11.9. The van der Waals surface area contributed by atoms with E-state index in [2.05, 4.69) is 21.6 Å². The van der Waals surface area contributed by atoms with Crippen LogP contribution in [-0.2, 0) is 0 Å². The molecule has 0 unspecified atom stereocenters. The summed E-state index contributed by atoms with van der Waals surface area (Å²) in [5.41, 5.74) is 4.64. The van der Waals surface area contributed by atoms with Crippen molar-refractivity contribution in [1.29, 1.82) is 0 Å². The van der Waals surface area contributed by atoms with Crippen LogP contribution in [0.1, 0.15) is 22.5 Å². The quantitative estimate of drug-likeness (QED) is 0.772. The fourth-order valence-corrected chi connectivity index (χ4v) is 2.32. The molecular weight excluding hydrogens is 252 g/mol. The van der Waals surface area contributed by atoms with E-state index < -0.39 is 0 Å². The van der Waals surface area contributed by atoms with Gasteiger partial charge in [-0.3, -0.25) is 9.78 Å². The van der Waals surface area contributed by atoms with Crippen LogP contribution in [0.4, 0.5) is 0 Å². The smallest absolute Gasteiger partial charge is 0.275 e. The third-order valence-corrected chi connectivity index (χ3v) is 3.36. The van der Waals surface area contributed by atoms with E-state index in [4.69, 9.17) is 0 Å². The Morgan fingerprint density at radius 2 is 2.15 bits per heavy atom. The lowest BCUT2D eigenvalue weighted by molar-refractivity contribution is 0.887. The van der Waals surface area contributed by atoms with Gasteiger partial charge in [0.25, 0.3) is 5.56 Å². The summed E-state index contributed by atoms with van der Waals surface area (Å²) >= 11 is 0. The Bertz CT molecular complexity index is 873. The molecule has 0 aliphatic rings. The Hall–Kier alpha value is -2.69. The highest BCUT2D eigenvalue weighted by Crippen LogP contribution is 2.25. The lowest BCUT2D eigenvalue weighted by Gasteiger charge is -2.05. The summed E-state index contributed by atoms with van der Waals surface area (Å²) in [5, 5.41) is 4.12. The third-order valence-electron chi connectivity index (χ3n) is 3.36. The van der Waals surface area contributed by atoms with Crippen LogP contribution in [0, 0.1) is 13.8 Å². The summed E-state index contributed by atoms with van der Waals surface area (Å²) in [4.78, 5) is 18.9. The molecule has 0 bridgehead atoms. The van der Waals surface area contributed by atoms with E-state index in [-0.39, 0.29) is 5.56 Å². The highest BCUT2D eigenvalue weighted by atomic mass is 16.1. The van der Waals surface area contributed by atoms with Crippen molar-refractivity contribution in [2.75, 3.05) is 0 Å². The molecule has 3 rings (SSSR count).